The van der Waals surface area contributed by atoms with Crippen LogP contribution in [0.2, 0.25) is 0 Å². The molecule has 17 heavy (non-hydrogen) atoms. The molecule has 0 saturated heterocycles. The Morgan fingerprint density at radius 1 is 1.00 bits per heavy atom. The molecule has 2 aromatic carbocycles. The molecule has 0 heterocycles. The SMILES string of the molecule is Nc1cccc(Cc2c(N)ccc(F)c2N)c1. The Morgan fingerprint density at radius 2 is 1.76 bits per heavy atom. The lowest BCUT2D eigenvalue weighted by Crippen LogP contribution is -2.04. The average molecular weight is 231 g/mol. The first-order valence-corrected chi connectivity index (χ1v) is 5.24. The van der Waals surface area contributed by atoms with Gasteiger partial charge < -0.3 is 17.2 Å². The Kier molecular flexibility index (Phi) is 2.87. The molecular formula is C13H14FN3. The summed E-state index contributed by atoms with van der Waals surface area (Å²) >= 11 is 0. The molecule has 0 spiro atoms. The molecule has 0 aliphatic carbocycles. The molecule has 0 fully saturated rings. The van der Waals surface area contributed by atoms with Crippen LogP contribution < -0.4 is 17.2 Å². The highest BCUT2D eigenvalue weighted by molar-refractivity contribution is 5.63. The maximum absolute atomic E-state index is 13.3. The van der Waals surface area contributed by atoms with E-state index >= 15 is 0 Å². The summed E-state index contributed by atoms with van der Waals surface area (Å²) in [6.45, 7) is 0. The van der Waals surface area contributed by atoms with Crippen LogP contribution in [0.1, 0.15) is 11.1 Å². The van der Waals surface area contributed by atoms with Crippen LogP contribution in [0, 0.1) is 5.82 Å². The van der Waals surface area contributed by atoms with E-state index < -0.39 is 5.82 Å². The van der Waals surface area contributed by atoms with Crippen LogP contribution in [-0.2, 0) is 6.42 Å². The quantitative estimate of drug-likeness (QED) is 0.693. The van der Waals surface area contributed by atoms with Gasteiger partial charge in [0.1, 0.15) is 5.82 Å². The third-order valence-corrected chi connectivity index (χ3v) is 2.67. The zero-order chi connectivity index (χ0) is 12.4. The summed E-state index contributed by atoms with van der Waals surface area (Å²) in [6.07, 6.45) is 0.473. The van der Waals surface area contributed by atoms with Crippen LogP contribution in [0.3, 0.4) is 0 Å². The van der Waals surface area contributed by atoms with Crippen molar-refractivity contribution in [3.8, 4) is 0 Å². The molecule has 2 aromatic rings. The number of anilines is 3. The molecule has 0 aliphatic heterocycles. The van der Waals surface area contributed by atoms with Gasteiger partial charge in [0, 0.05) is 23.4 Å². The second kappa shape index (κ2) is 4.33. The number of rotatable bonds is 2. The van der Waals surface area contributed by atoms with Gasteiger partial charge in [0.05, 0.1) is 5.69 Å². The molecule has 0 radical (unpaired) electrons. The lowest BCUT2D eigenvalue weighted by Gasteiger charge is -2.10. The smallest absolute Gasteiger partial charge is 0.146 e. The predicted octanol–water partition coefficient (Wildman–Crippen LogP) is 2.16. The lowest BCUT2D eigenvalue weighted by atomic mass is 10.0. The number of nitrogen functional groups attached to an aromatic ring is 3. The Labute approximate surface area is 99.0 Å². The monoisotopic (exact) mass is 231 g/mol. The Morgan fingerprint density at radius 3 is 2.47 bits per heavy atom. The van der Waals surface area contributed by atoms with Gasteiger partial charge in [0.2, 0.25) is 0 Å². The van der Waals surface area contributed by atoms with E-state index in [0.717, 1.165) is 5.56 Å². The van der Waals surface area contributed by atoms with E-state index in [2.05, 4.69) is 0 Å². The van der Waals surface area contributed by atoms with Crippen molar-refractivity contribution in [1.29, 1.82) is 0 Å². The van der Waals surface area contributed by atoms with Crippen molar-refractivity contribution in [2.75, 3.05) is 17.2 Å². The van der Waals surface area contributed by atoms with Crippen LogP contribution in [0.4, 0.5) is 21.5 Å². The second-order valence-electron chi connectivity index (χ2n) is 3.95. The van der Waals surface area contributed by atoms with E-state index in [1.807, 2.05) is 18.2 Å². The molecule has 0 saturated carbocycles. The normalized spacial score (nSPS) is 10.4. The number of hydrogen-bond acceptors (Lipinski definition) is 3. The van der Waals surface area contributed by atoms with Crippen LogP contribution in [0.15, 0.2) is 36.4 Å². The first-order valence-electron chi connectivity index (χ1n) is 5.24. The van der Waals surface area contributed by atoms with E-state index in [9.17, 15) is 4.39 Å². The van der Waals surface area contributed by atoms with Gasteiger partial charge in [0.25, 0.3) is 0 Å². The summed E-state index contributed by atoms with van der Waals surface area (Å²) < 4.78 is 13.3. The van der Waals surface area contributed by atoms with E-state index in [-0.39, 0.29) is 5.69 Å². The van der Waals surface area contributed by atoms with E-state index in [1.54, 1.807) is 6.07 Å². The zero-order valence-electron chi connectivity index (χ0n) is 9.28. The number of nitrogens with two attached hydrogens (primary N) is 3. The highest BCUT2D eigenvalue weighted by Gasteiger charge is 2.09. The van der Waals surface area contributed by atoms with E-state index in [0.29, 0.717) is 23.4 Å². The molecule has 4 heteroatoms. The topological polar surface area (TPSA) is 78.1 Å². The van der Waals surface area contributed by atoms with Gasteiger partial charge in [0.15, 0.2) is 0 Å². The van der Waals surface area contributed by atoms with Crippen molar-refractivity contribution in [3.63, 3.8) is 0 Å². The molecule has 0 atom stereocenters. The number of benzene rings is 2. The van der Waals surface area contributed by atoms with Crippen molar-refractivity contribution in [1.82, 2.24) is 0 Å². The van der Waals surface area contributed by atoms with Gasteiger partial charge in [-0.1, -0.05) is 12.1 Å². The molecule has 0 aromatic heterocycles. The number of halogens is 1. The molecule has 0 amide bonds. The maximum atomic E-state index is 13.3. The fourth-order valence-electron chi connectivity index (χ4n) is 1.76. The van der Waals surface area contributed by atoms with Gasteiger partial charge in [-0.25, -0.2) is 4.39 Å². The van der Waals surface area contributed by atoms with Gasteiger partial charge in [-0.2, -0.15) is 0 Å². The minimum atomic E-state index is -0.446. The fourth-order valence-corrected chi connectivity index (χ4v) is 1.76. The minimum absolute atomic E-state index is 0.104. The van der Waals surface area contributed by atoms with Gasteiger partial charge >= 0.3 is 0 Å². The van der Waals surface area contributed by atoms with Crippen molar-refractivity contribution in [3.05, 3.63) is 53.3 Å². The average Bonchev–Trinajstić information content (AvgIpc) is 2.30. The highest BCUT2D eigenvalue weighted by Crippen LogP contribution is 2.25. The first-order chi connectivity index (χ1) is 8.08. The van der Waals surface area contributed by atoms with E-state index in [4.69, 9.17) is 17.2 Å². The molecule has 6 N–H and O–H groups in total. The van der Waals surface area contributed by atoms with Crippen LogP contribution in [-0.4, -0.2) is 0 Å². The van der Waals surface area contributed by atoms with Gasteiger partial charge in [-0.3, -0.25) is 0 Å². The molecule has 2 rings (SSSR count). The third kappa shape index (κ3) is 2.30. The summed E-state index contributed by atoms with van der Waals surface area (Å²) in [6, 6.07) is 10.2. The summed E-state index contributed by atoms with van der Waals surface area (Å²) in [4.78, 5) is 0. The molecule has 0 aliphatic rings. The molecular weight excluding hydrogens is 217 g/mol. The van der Waals surface area contributed by atoms with E-state index in [1.165, 1.54) is 12.1 Å². The molecule has 0 unspecified atom stereocenters. The minimum Gasteiger partial charge on any atom is -0.399 e. The van der Waals surface area contributed by atoms with Crippen molar-refractivity contribution < 1.29 is 4.39 Å². The molecule has 3 nitrogen and oxygen atoms in total. The fraction of sp³-hybridized carbons (Fsp3) is 0.0769. The molecule has 88 valence electrons. The number of hydrogen-bond donors (Lipinski definition) is 3. The third-order valence-electron chi connectivity index (χ3n) is 2.67. The lowest BCUT2D eigenvalue weighted by molar-refractivity contribution is 0.631. The summed E-state index contributed by atoms with van der Waals surface area (Å²) in [5.74, 6) is -0.446. The highest BCUT2D eigenvalue weighted by atomic mass is 19.1. The summed E-state index contributed by atoms with van der Waals surface area (Å²) in [7, 11) is 0. The van der Waals surface area contributed by atoms with Crippen molar-refractivity contribution in [2.24, 2.45) is 0 Å². The predicted molar refractivity (Wildman–Crippen MR) is 68.9 cm³/mol. The maximum Gasteiger partial charge on any atom is 0.146 e. The zero-order valence-corrected chi connectivity index (χ0v) is 9.28. The second-order valence-corrected chi connectivity index (χ2v) is 3.95. The van der Waals surface area contributed by atoms with Crippen LogP contribution in [0.5, 0.6) is 0 Å². The Hall–Kier alpha value is -2.23. The standard InChI is InChI=1S/C13H14FN3/c14-11-4-5-12(16)10(13(11)17)7-8-2-1-3-9(15)6-8/h1-6H,7,15-17H2. The van der Waals surface area contributed by atoms with Crippen molar-refractivity contribution in [2.45, 2.75) is 6.42 Å². The van der Waals surface area contributed by atoms with Crippen LogP contribution in [0.25, 0.3) is 0 Å². The summed E-state index contributed by atoms with van der Waals surface area (Å²) in [5.41, 5.74) is 20.0. The van der Waals surface area contributed by atoms with Gasteiger partial charge in [-0.15, -0.1) is 0 Å². The molecule has 0 bridgehead atoms. The first kappa shape index (κ1) is 11.3. The Bertz CT molecular complexity index is 552. The largest absolute Gasteiger partial charge is 0.399 e. The van der Waals surface area contributed by atoms with Crippen LogP contribution >= 0.6 is 0 Å². The van der Waals surface area contributed by atoms with Gasteiger partial charge in [-0.05, 0) is 29.8 Å². The summed E-state index contributed by atoms with van der Waals surface area (Å²) in [5, 5.41) is 0. The Balaban J connectivity index is 2.39. The van der Waals surface area contributed by atoms with Crippen molar-refractivity contribution >= 4 is 17.1 Å².